The highest BCUT2D eigenvalue weighted by molar-refractivity contribution is 8.18. The van der Waals surface area contributed by atoms with Crippen molar-refractivity contribution < 1.29 is 9.18 Å². The molecule has 4 rings (SSSR count). The number of benzene rings is 2. The molecule has 1 aromatic heterocycles. The summed E-state index contributed by atoms with van der Waals surface area (Å²) in [5, 5.41) is 1.76. The largest absolute Gasteiger partial charge is 0.316 e. The highest BCUT2D eigenvalue weighted by Gasteiger charge is 2.32. The van der Waals surface area contributed by atoms with Gasteiger partial charge in [0.25, 0.3) is 5.91 Å². The topological polar surface area (TPSA) is 37.6 Å². The summed E-state index contributed by atoms with van der Waals surface area (Å²) in [6, 6.07) is 13.2. The molecule has 8 heteroatoms. The summed E-state index contributed by atoms with van der Waals surface area (Å²) in [4.78, 5) is 19.8. The van der Waals surface area contributed by atoms with Gasteiger partial charge in [-0.2, -0.15) is 0 Å². The Morgan fingerprint density at radius 2 is 1.81 bits per heavy atom. The lowest BCUT2D eigenvalue weighted by molar-refractivity contribution is -0.122. The highest BCUT2D eigenvalue weighted by atomic mass is 35.5. The van der Waals surface area contributed by atoms with Crippen molar-refractivity contribution in [1.29, 1.82) is 0 Å². The van der Waals surface area contributed by atoms with Crippen LogP contribution in [0.3, 0.4) is 0 Å². The molecule has 2 aromatic carbocycles. The van der Waals surface area contributed by atoms with E-state index in [2.05, 4.69) is 4.99 Å². The van der Waals surface area contributed by atoms with Gasteiger partial charge in [-0.3, -0.25) is 9.69 Å². The first-order valence-corrected chi connectivity index (χ1v) is 11.6. The lowest BCUT2D eigenvalue weighted by atomic mass is 10.2. The van der Waals surface area contributed by atoms with Crippen LogP contribution in [-0.2, 0) is 4.79 Å². The van der Waals surface area contributed by atoms with E-state index >= 15 is 0 Å². The van der Waals surface area contributed by atoms with Crippen molar-refractivity contribution in [3.8, 4) is 5.69 Å². The van der Waals surface area contributed by atoms with Crippen LogP contribution in [-0.4, -0.2) is 27.1 Å². The van der Waals surface area contributed by atoms with Gasteiger partial charge in [-0.15, -0.1) is 0 Å². The third kappa shape index (κ3) is 4.35. The van der Waals surface area contributed by atoms with Crippen LogP contribution in [0.4, 0.5) is 10.1 Å². The molecule has 0 saturated carbocycles. The monoisotopic (exact) mass is 487 g/mol. The molecule has 0 atom stereocenters. The second-order valence-electron chi connectivity index (χ2n) is 7.29. The maximum atomic E-state index is 13.2. The lowest BCUT2D eigenvalue weighted by Crippen LogP contribution is -2.28. The third-order valence-corrected chi connectivity index (χ3v) is 6.72. The summed E-state index contributed by atoms with van der Waals surface area (Å²) in [5.74, 6) is -0.434. The van der Waals surface area contributed by atoms with E-state index in [4.69, 9.17) is 23.2 Å². The van der Waals surface area contributed by atoms with Gasteiger partial charge < -0.3 is 4.57 Å². The van der Waals surface area contributed by atoms with Crippen LogP contribution in [0.25, 0.3) is 11.8 Å². The van der Waals surface area contributed by atoms with E-state index in [9.17, 15) is 9.18 Å². The standard InChI is InChI=1S/C24H20Cl2FN3OS/c1-4-29-23(31)22(32-24(29)28-19-8-6-18(27)7-9-19)12-16-11-14(2)30(15(16)3)21-13-17(25)5-10-20(21)26/h5-13H,4H2,1-3H3/b22-12+,28-24?. The van der Waals surface area contributed by atoms with Gasteiger partial charge in [-0.25, -0.2) is 9.38 Å². The van der Waals surface area contributed by atoms with Crippen molar-refractivity contribution in [2.75, 3.05) is 6.54 Å². The van der Waals surface area contributed by atoms with E-state index in [1.165, 1.54) is 23.9 Å². The molecule has 4 nitrogen and oxygen atoms in total. The Labute approximate surface area is 200 Å². The van der Waals surface area contributed by atoms with Crippen molar-refractivity contribution in [3.63, 3.8) is 0 Å². The van der Waals surface area contributed by atoms with Gasteiger partial charge in [0.05, 0.1) is 21.3 Å². The number of amides is 1. The number of rotatable bonds is 4. The number of hydrogen-bond donors (Lipinski definition) is 0. The van der Waals surface area contributed by atoms with E-state index in [-0.39, 0.29) is 11.7 Å². The Bertz CT molecular complexity index is 1260. The molecule has 1 saturated heterocycles. The fourth-order valence-electron chi connectivity index (χ4n) is 3.60. The van der Waals surface area contributed by atoms with Crippen LogP contribution in [0.1, 0.15) is 23.9 Å². The number of nitrogens with zero attached hydrogens (tertiary/aromatic N) is 3. The Morgan fingerprint density at radius 3 is 2.50 bits per heavy atom. The molecule has 0 N–H and O–H groups in total. The molecular weight excluding hydrogens is 468 g/mol. The second-order valence-corrected chi connectivity index (χ2v) is 9.14. The smallest absolute Gasteiger partial charge is 0.266 e. The predicted molar refractivity (Wildman–Crippen MR) is 132 cm³/mol. The summed E-state index contributed by atoms with van der Waals surface area (Å²) < 4.78 is 15.2. The Morgan fingerprint density at radius 1 is 1.09 bits per heavy atom. The summed E-state index contributed by atoms with van der Waals surface area (Å²) in [5.41, 5.74) is 4.21. The van der Waals surface area contributed by atoms with Crippen LogP contribution in [0.2, 0.25) is 10.0 Å². The van der Waals surface area contributed by atoms with Gasteiger partial charge in [0.15, 0.2) is 5.17 Å². The number of hydrogen-bond acceptors (Lipinski definition) is 3. The normalized spacial score (nSPS) is 16.6. The van der Waals surface area contributed by atoms with E-state index in [0.29, 0.717) is 32.4 Å². The summed E-state index contributed by atoms with van der Waals surface area (Å²) >= 11 is 13.9. The molecule has 1 fully saturated rings. The third-order valence-electron chi connectivity index (χ3n) is 5.16. The maximum Gasteiger partial charge on any atom is 0.266 e. The molecule has 0 bridgehead atoms. The minimum Gasteiger partial charge on any atom is -0.316 e. The quantitative estimate of drug-likeness (QED) is 0.366. The molecule has 0 radical (unpaired) electrons. The number of aryl methyl sites for hydroxylation is 1. The van der Waals surface area contributed by atoms with Gasteiger partial charge in [0, 0.05) is 23.0 Å². The predicted octanol–water partition coefficient (Wildman–Crippen LogP) is 7.16. The van der Waals surface area contributed by atoms with Gasteiger partial charge in [-0.1, -0.05) is 23.2 Å². The lowest BCUT2D eigenvalue weighted by Gasteiger charge is -2.12. The maximum absolute atomic E-state index is 13.2. The van der Waals surface area contributed by atoms with Gasteiger partial charge in [0.1, 0.15) is 5.82 Å². The van der Waals surface area contributed by atoms with Crippen molar-refractivity contribution >= 4 is 57.8 Å². The second kappa shape index (κ2) is 9.14. The summed E-state index contributed by atoms with van der Waals surface area (Å²) in [6.45, 7) is 6.34. The molecule has 32 heavy (non-hydrogen) atoms. The Hall–Kier alpha value is -2.54. The summed E-state index contributed by atoms with van der Waals surface area (Å²) in [6.07, 6.45) is 1.88. The Balaban J connectivity index is 1.72. The minimum absolute atomic E-state index is 0.107. The number of carbonyl (C=O) groups is 1. The first kappa shape index (κ1) is 22.6. The molecule has 2 heterocycles. The molecule has 1 aliphatic rings. The van der Waals surface area contributed by atoms with Crippen molar-refractivity contribution in [3.05, 3.63) is 86.2 Å². The van der Waals surface area contributed by atoms with Crippen LogP contribution in [0.5, 0.6) is 0 Å². The highest BCUT2D eigenvalue weighted by Crippen LogP contribution is 2.36. The van der Waals surface area contributed by atoms with Crippen molar-refractivity contribution in [2.24, 2.45) is 4.99 Å². The number of thioether (sulfide) groups is 1. The van der Waals surface area contributed by atoms with Gasteiger partial charge >= 0.3 is 0 Å². The van der Waals surface area contributed by atoms with Crippen LogP contribution in [0.15, 0.2) is 58.4 Å². The minimum atomic E-state index is -0.327. The van der Waals surface area contributed by atoms with E-state index in [0.717, 1.165) is 22.6 Å². The average Bonchev–Trinajstić information content (AvgIpc) is 3.20. The zero-order chi connectivity index (χ0) is 23.0. The van der Waals surface area contributed by atoms with E-state index in [1.54, 1.807) is 29.2 Å². The molecule has 1 aliphatic heterocycles. The first-order chi connectivity index (χ1) is 15.3. The summed E-state index contributed by atoms with van der Waals surface area (Å²) in [7, 11) is 0. The molecule has 0 aliphatic carbocycles. The first-order valence-electron chi connectivity index (χ1n) is 9.98. The number of halogens is 3. The van der Waals surface area contributed by atoms with Gasteiger partial charge in [-0.05, 0) is 92.7 Å². The number of aromatic nitrogens is 1. The molecule has 0 unspecified atom stereocenters. The van der Waals surface area contributed by atoms with E-state index < -0.39 is 0 Å². The number of aliphatic imine (C=N–C) groups is 1. The molecule has 164 valence electrons. The molecular formula is C24H20Cl2FN3OS. The van der Waals surface area contributed by atoms with Crippen LogP contribution in [0, 0.1) is 19.7 Å². The molecule has 3 aromatic rings. The van der Waals surface area contributed by atoms with Crippen molar-refractivity contribution in [1.82, 2.24) is 9.47 Å². The zero-order valence-corrected chi connectivity index (χ0v) is 20.0. The molecule has 0 spiro atoms. The fourth-order valence-corrected chi connectivity index (χ4v) is 5.02. The van der Waals surface area contributed by atoms with Crippen LogP contribution < -0.4 is 0 Å². The fraction of sp³-hybridized carbons (Fsp3) is 0.167. The zero-order valence-electron chi connectivity index (χ0n) is 17.7. The Kier molecular flexibility index (Phi) is 6.47. The molecule has 1 amide bonds. The van der Waals surface area contributed by atoms with Crippen molar-refractivity contribution in [2.45, 2.75) is 20.8 Å². The SMILES string of the molecule is CCN1C(=O)/C(=C\c2cc(C)n(-c3cc(Cl)ccc3Cl)c2C)SC1=Nc1ccc(F)cc1. The van der Waals surface area contributed by atoms with Gasteiger partial charge in [0.2, 0.25) is 0 Å². The number of carbonyl (C=O) groups excluding carboxylic acids is 1. The van der Waals surface area contributed by atoms with E-state index in [1.807, 2.05) is 43.5 Å². The average molecular weight is 488 g/mol. The number of likely N-dealkylation sites (N-methyl/N-ethyl adjacent to an activating group) is 1. The van der Waals surface area contributed by atoms with Crippen LogP contribution >= 0.6 is 35.0 Å². The number of amidine groups is 1.